The van der Waals surface area contributed by atoms with Crippen molar-refractivity contribution in [2.45, 2.75) is 13.8 Å². The Morgan fingerprint density at radius 3 is 3.05 bits per heavy atom. The van der Waals surface area contributed by atoms with E-state index in [1.54, 1.807) is 13.0 Å². The van der Waals surface area contributed by atoms with E-state index in [2.05, 4.69) is 15.3 Å². The molecule has 2 rings (SSSR count). The van der Waals surface area contributed by atoms with Crippen LogP contribution in [0.2, 0.25) is 5.02 Å². The van der Waals surface area contributed by atoms with Crippen molar-refractivity contribution in [1.82, 2.24) is 9.97 Å². The van der Waals surface area contributed by atoms with E-state index in [4.69, 9.17) is 16.3 Å². The molecule has 0 saturated carbocycles. The van der Waals surface area contributed by atoms with Gasteiger partial charge in [-0.3, -0.25) is 0 Å². The lowest BCUT2D eigenvalue weighted by atomic mass is 10.2. The number of imidazole rings is 1. The summed E-state index contributed by atoms with van der Waals surface area (Å²) >= 11 is 5.94. The third kappa shape index (κ3) is 3.26. The van der Waals surface area contributed by atoms with E-state index >= 15 is 0 Å². The van der Waals surface area contributed by atoms with Gasteiger partial charge in [-0.25, -0.2) is 9.78 Å². The number of aryl methyl sites for hydroxylation is 1. The Balaban J connectivity index is 2.15. The van der Waals surface area contributed by atoms with Crippen LogP contribution in [0.15, 0.2) is 24.4 Å². The summed E-state index contributed by atoms with van der Waals surface area (Å²) in [6, 6.07) is 5.51. The molecule has 0 saturated heterocycles. The molecule has 1 aromatic heterocycles. The fourth-order valence-corrected chi connectivity index (χ4v) is 1.73. The van der Waals surface area contributed by atoms with E-state index < -0.39 is 5.97 Å². The molecule has 100 valence electrons. The van der Waals surface area contributed by atoms with Crippen LogP contribution in [0.5, 0.6) is 0 Å². The minimum Gasteiger partial charge on any atom is -0.461 e. The number of benzene rings is 1. The minimum absolute atomic E-state index is 0.309. The highest BCUT2D eigenvalue weighted by Gasteiger charge is 2.10. The molecule has 2 aromatic rings. The van der Waals surface area contributed by atoms with Gasteiger partial charge in [0.25, 0.3) is 0 Å². The van der Waals surface area contributed by atoms with Gasteiger partial charge < -0.3 is 15.0 Å². The van der Waals surface area contributed by atoms with Crippen molar-refractivity contribution >= 4 is 29.2 Å². The van der Waals surface area contributed by atoms with Gasteiger partial charge in [0.1, 0.15) is 5.69 Å². The number of rotatable bonds is 4. The molecule has 1 heterocycles. The average molecular weight is 280 g/mol. The third-order valence-corrected chi connectivity index (χ3v) is 2.76. The van der Waals surface area contributed by atoms with Gasteiger partial charge in [0, 0.05) is 10.7 Å². The Labute approximate surface area is 116 Å². The van der Waals surface area contributed by atoms with Crippen LogP contribution in [0, 0.1) is 6.92 Å². The number of nitrogens with one attached hydrogen (secondary N) is 2. The van der Waals surface area contributed by atoms with Gasteiger partial charge in [-0.1, -0.05) is 17.7 Å². The van der Waals surface area contributed by atoms with E-state index in [0.717, 1.165) is 11.3 Å². The van der Waals surface area contributed by atoms with Gasteiger partial charge in [0.2, 0.25) is 5.95 Å². The number of aromatic amines is 1. The lowest BCUT2D eigenvalue weighted by Crippen LogP contribution is -2.05. The highest BCUT2D eigenvalue weighted by atomic mass is 35.5. The molecular formula is C13H14ClN3O2. The van der Waals surface area contributed by atoms with E-state index in [1.165, 1.54) is 6.20 Å². The number of carbonyl (C=O) groups excluding carboxylic acids is 1. The molecule has 0 amide bonds. The zero-order valence-electron chi connectivity index (χ0n) is 10.7. The number of halogens is 1. The van der Waals surface area contributed by atoms with Crippen molar-refractivity contribution in [2.75, 3.05) is 11.9 Å². The number of aromatic nitrogens is 2. The summed E-state index contributed by atoms with van der Waals surface area (Å²) in [4.78, 5) is 18.4. The van der Waals surface area contributed by atoms with E-state index in [1.807, 2.05) is 19.1 Å². The Kier molecular flexibility index (Phi) is 4.06. The molecular weight excluding hydrogens is 266 g/mol. The fraction of sp³-hybridized carbons (Fsp3) is 0.231. The topological polar surface area (TPSA) is 67.0 Å². The third-order valence-electron chi connectivity index (χ3n) is 2.52. The molecule has 1 aromatic carbocycles. The van der Waals surface area contributed by atoms with Crippen LogP contribution < -0.4 is 5.32 Å². The first-order valence-electron chi connectivity index (χ1n) is 5.85. The van der Waals surface area contributed by atoms with Crippen LogP contribution in [-0.4, -0.2) is 22.5 Å². The average Bonchev–Trinajstić information content (AvgIpc) is 2.83. The van der Waals surface area contributed by atoms with Crippen molar-refractivity contribution < 1.29 is 9.53 Å². The Morgan fingerprint density at radius 1 is 1.53 bits per heavy atom. The fourth-order valence-electron chi connectivity index (χ4n) is 1.55. The van der Waals surface area contributed by atoms with Crippen molar-refractivity contribution in [3.8, 4) is 0 Å². The molecule has 0 unspecified atom stereocenters. The predicted molar refractivity (Wildman–Crippen MR) is 74.0 cm³/mol. The summed E-state index contributed by atoms with van der Waals surface area (Å²) in [5.41, 5.74) is 2.17. The molecule has 2 N–H and O–H groups in total. The summed E-state index contributed by atoms with van der Waals surface area (Å²) < 4.78 is 4.88. The molecule has 0 aliphatic carbocycles. The lowest BCUT2D eigenvalue weighted by Gasteiger charge is -2.07. The Morgan fingerprint density at radius 2 is 2.32 bits per heavy atom. The van der Waals surface area contributed by atoms with Crippen LogP contribution in [-0.2, 0) is 4.74 Å². The largest absolute Gasteiger partial charge is 0.461 e. The first-order chi connectivity index (χ1) is 9.10. The smallest absolute Gasteiger partial charge is 0.356 e. The Hall–Kier alpha value is -2.01. The molecule has 0 aliphatic rings. The summed E-state index contributed by atoms with van der Waals surface area (Å²) in [7, 11) is 0. The van der Waals surface area contributed by atoms with E-state index in [9.17, 15) is 4.79 Å². The highest BCUT2D eigenvalue weighted by Crippen LogP contribution is 2.22. The monoisotopic (exact) mass is 279 g/mol. The van der Waals surface area contributed by atoms with Gasteiger partial charge in [-0.05, 0) is 31.5 Å². The number of nitrogens with zero attached hydrogens (tertiary/aromatic N) is 1. The summed E-state index contributed by atoms with van der Waals surface area (Å²) in [6.07, 6.45) is 1.43. The van der Waals surface area contributed by atoms with Gasteiger partial charge in [-0.2, -0.15) is 0 Å². The standard InChI is InChI=1S/C13H14ClN3O2/c1-3-19-12(18)11-7-15-13(17-11)16-10-6-9(14)5-4-8(10)2/h4-7H,3H2,1-2H3,(H2,15,16,17). The maximum absolute atomic E-state index is 11.5. The molecule has 0 bridgehead atoms. The summed E-state index contributed by atoms with van der Waals surface area (Å²) in [5, 5.41) is 3.70. The molecule has 0 spiro atoms. The predicted octanol–water partition coefficient (Wildman–Crippen LogP) is 3.29. The van der Waals surface area contributed by atoms with Crippen LogP contribution in [0.3, 0.4) is 0 Å². The number of carbonyl (C=O) groups is 1. The van der Waals surface area contributed by atoms with Crippen molar-refractivity contribution in [3.63, 3.8) is 0 Å². The van der Waals surface area contributed by atoms with Crippen LogP contribution in [0.25, 0.3) is 0 Å². The van der Waals surface area contributed by atoms with Crippen molar-refractivity contribution in [3.05, 3.63) is 40.7 Å². The van der Waals surface area contributed by atoms with Crippen LogP contribution in [0.4, 0.5) is 11.6 Å². The zero-order chi connectivity index (χ0) is 13.8. The number of hydrogen-bond acceptors (Lipinski definition) is 4. The van der Waals surface area contributed by atoms with Crippen LogP contribution in [0.1, 0.15) is 23.0 Å². The van der Waals surface area contributed by atoms with Crippen molar-refractivity contribution in [1.29, 1.82) is 0 Å². The van der Waals surface area contributed by atoms with Gasteiger partial charge in [-0.15, -0.1) is 0 Å². The quantitative estimate of drug-likeness (QED) is 0.843. The summed E-state index contributed by atoms with van der Waals surface area (Å²) in [5.74, 6) is 0.0410. The molecule has 0 radical (unpaired) electrons. The number of ether oxygens (including phenoxy) is 1. The second-order valence-electron chi connectivity index (χ2n) is 3.95. The first-order valence-corrected chi connectivity index (χ1v) is 6.23. The highest BCUT2D eigenvalue weighted by molar-refractivity contribution is 6.30. The second-order valence-corrected chi connectivity index (χ2v) is 4.39. The number of esters is 1. The normalized spacial score (nSPS) is 10.3. The molecule has 0 atom stereocenters. The zero-order valence-corrected chi connectivity index (χ0v) is 11.4. The van der Waals surface area contributed by atoms with E-state index in [-0.39, 0.29) is 0 Å². The summed E-state index contributed by atoms with van der Waals surface area (Å²) in [6.45, 7) is 4.03. The SMILES string of the molecule is CCOC(=O)c1cnc(Nc2cc(Cl)ccc2C)[nH]1. The minimum atomic E-state index is -0.425. The molecule has 5 nitrogen and oxygen atoms in total. The number of hydrogen-bond donors (Lipinski definition) is 2. The van der Waals surface area contributed by atoms with Gasteiger partial charge in [0.15, 0.2) is 0 Å². The van der Waals surface area contributed by atoms with Gasteiger partial charge in [0.05, 0.1) is 12.8 Å². The second kappa shape index (κ2) is 5.75. The van der Waals surface area contributed by atoms with Crippen LogP contribution >= 0.6 is 11.6 Å². The maximum atomic E-state index is 11.5. The molecule has 0 aliphatic heterocycles. The Bertz CT molecular complexity index is 595. The molecule has 6 heteroatoms. The van der Waals surface area contributed by atoms with E-state index in [0.29, 0.717) is 23.3 Å². The number of anilines is 2. The lowest BCUT2D eigenvalue weighted by molar-refractivity contribution is 0.0520. The van der Waals surface area contributed by atoms with Crippen molar-refractivity contribution in [2.24, 2.45) is 0 Å². The molecule has 19 heavy (non-hydrogen) atoms. The first kappa shape index (κ1) is 13.4. The molecule has 0 fully saturated rings. The number of H-pyrrole nitrogens is 1. The maximum Gasteiger partial charge on any atom is 0.356 e. The van der Waals surface area contributed by atoms with Gasteiger partial charge >= 0.3 is 5.97 Å².